The molecule has 2 aromatic carbocycles. The molecule has 0 aliphatic heterocycles. The van der Waals surface area contributed by atoms with Gasteiger partial charge in [-0.15, -0.1) is 5.10 Å². The summed E-state index contributed by atoms with van der Waals surface area (Å²) in [5.74, 6) is 1.32. The number of aromatic nitrogens is 3. The van der Waals surface area contributed by atoms with Crippen LogP contribution in [0.15, 0.2) is 59.4 Å². The zero-order valence-corrected chi connectivity index (χ0v) is 14.4. The van der Waals surface area contributed by atoms with Gasteiger partial charge in [-0.05, 0) is 19.1 Å². The Hall–Kier alpha value is -2.99. The summed E-state index contributed by atoms with van der Waals surface area (Å²) in [6.07, 6.45) is 1.83. The largest absolute Gasteiger partial charge is 0.493 e. The monoisotopic (exact) mass is 349 g/mol. The molecule has 0 spiro atoms. The van der Waals surface area contributed by atoms with Gasteiger partial charge in [0.1, 0.15) is 5.75 Å². The van der Waals surface area contributed by atoms with Crippen LogP contribution in [0, 0.1) is 0 Å². The van der Waals surface area contributed by atoms with Crippen molar-refractivity contribution in [2.75, 3.05) is 6.61 Å². The highest BCUT2D eigenvalue weighted by Crippen LogP contribution is 2.19. The van der Waals surface area contributed by atoms with E-state index in [1.807, 2.05) is 67.6 Å². The molecule has 0 aliphatic carbocycles. The van der Waals surface area contributed by atoms with Gasteiger partial charge in [0.15, 0.2) is 5.82 Å². The smallest absolute Gasteiger partial charge is 0.291 e. The molecule has 0 aliphatic rings. The molecule has 0 radical (unpaired) electrons. The van der Waals surface area contributed by atoms with Crippen LogP contribution in [0.3, 0.4) is 0 Å². The third-order valence-electron chi connectivity index (χ3n) is 3.72. The van der Waals surface area contributed by atoms with E-state index in [1.54, 1.807) is 0 Å². The molecule has 0 unspecified atom stereocenters. The number of fused-ring (bicyclic) bond motifs is 1. The first-order chi connectivity index (χ1) is 12.3. The number of para-hydroxylation sites is 1. The zero-order chi connectivity index (χ0) is 17.2. The Labute approximate surface area is 147 Å². The van der Waals surface area contributed by atoms with Crippen molar-refractivity contribution in [3.63, 3.8) is 0 Å². The molecule has 0 bridgehead atoms. The van der Waals surface area contributed by atoms with Crippen LogP contribution < -0.4 is 14.8 Å². The third kappa shape index (κ3) is 2.92. The summed E-state index contributed by atoms with van der Waals surface area (Å²) >= 11 is 1.33. The van der Waals surface area contributed by atoms with Crippen molar-refractivity contribution >= 4 is 22.4 Å². The standard InChI is InChI=1S/C19H15N3O2S/c1-2-24-15-11-7-6-10-14(15)12-16-18(23)22-19(25-16)20-17(21-22)13-8-4-3-5-9-13/h3-12H,2H2,1H3/b16-12-. The number of thiazole rings is 1. The highest BCUT2D eigenvalue weighted by molar-refractivity contribution is 7.15. The van der Waals surface area contributed by atoms with E-state index in [4.69, 9.17) is 4.74 Å². The fourth-order valence-electron chi connectivity index (χ4n) is 2.57. The number of hydrogen-bond acceptors (Lipinski definition) is 5. The van der Waals surface area contributed by atoms with Crippen LogP contribution in [0.4, 0.5) is 0 Å². The Morgan fingerprint density at radius 3 is 2.64 bits per heavy atom. The fraction of sp³-hybridized carbons (Fsp3) is 0.105. The van der Waals surface area contributed by atoms with Crippen LogP contribution in [-0.2, 0) is 0 Å². The molecule has 6 heteroatoms. The lowest BCUT2D eigenvalue weighted by atomic mass is 10.2. The van der Waals surface area contributed by atoms with Gasteiger partial charge in [0.2, 0.25) is 4.96 Å². The van der Waals surface area contributed by atoms with Crippen LogP contribution in [0.1, 0.15) is 12.5 Å². The number of hydrogen-bond donors (Lipinski definition) is 0. The SMILES string of the molecule is CCOc1ccccc1/C=c1\sc2nc(-c3ccccc3)nn2c1=O. The molecule has 0 saturated carbocycles. The second kappa shape index (κ2) is 6.49. The van der Waals surface area contributed by atoms with Crippen molar-refractivity contribution in [1.82, 2.24) is 14.6 Å². The summed E-state index contributed by atoms with van der Waals surface area (Å²) in [6, 6.07) is 17.3. The van der Waals surface area contributed by atoms with E-state index >= 15 is 0 Å². The van der Waals surface area contributed by atoms with Crippen LogP contribution in [-0.4, -0.2) is 21.2 Å². The molecular formula is C19H15N3O2S. The van der Waals surface area contributed by atoms with Gasteiger partial charge in [-0.3, -0.25) is 4.79 Å². The molecular weight excluding hydrogens is 334 g/mol. The summed E-state index contributed by atoms with van der Waals surface area (Å²) in [5.41, 5.74) is 1.60. The summed E-state index contributed by atoms with van der Waals surface area (Å²) in [4.78, 5) is 17.7. The maximum Gasteiger partial charge on any atom is 0.291 e. The van der Waals surface area contributed by atoms with Gasteiger partial charge in [0.05, 0.1) is 11.1 Å². The first-order valence-electron chi connectivity index (χ1n) is 7.95. The van der Waals surface area contributed by atoms with Gasteiger partial charge in [0.25, 0.3) is 5.56 Å². The van der Waals surface area contributed by atoms with Gasteiger partial charge in [-0.25, -0.2) is 0 Å². The van der Waals surface area contributed by atoms with Gasteiger partial charge in [-0.2, -0.15) is 9.50 Å². The molecule has 5 nitrogen and oxygen atoms in total. The van der Waals surface area contributed by atoms with E-state index < -0.39 is 0 Å². The van der Waals surface area contributed by atoms with E-state index in [0.29, 0.717) is 21.9 Å². The first kappa shape index (κ1) is 15.5. The van der Waals surface area contributed by atoms with Crippen molar-refractivity contribution in [2.24, 2.45) is 0 Å². The molecule has 0 saturated heterocycles. The Kier molecular flexibility index (Phi) is 4.03. The molecule has 2 heterocycles. The lowest BCUT2D eigenvalue weighted by molar-refractivity contribution is 0.339. The predicted octanol–water partition coefficient (Wildman–Crippen LogP) is 2.76. The van der Waals surface area contributed by atoms with Crippen molar-refractivity contribution in [3.05, 3.63) is 75.0 Å². The normalized spacial score (nSPS) is 12.0. The molecule has 4 aromatic rings. The third-order valence-corrected chi connectivity index (χ3v) is 4.68. The molecule has 25 heavy (non-hydrogen) atoms. The van der Waals surface area contributed by atoms with Gasteiger partial charge < -0.3 is 4.74 Å². The summed E-state index contributed by atoms with van der Waals surface area (Å²) in [6.45, 7) is 2.51. The highest BCUT2D eigenvalue weighted by Gasteiger charge is 2.12. The van der Waals surface area contributed by atoms with Crippen molar-refractivity contribution < 1.29 is 4.74 Å². The summed E-state index contributed by atoms with van der Waals surface area (Å²) in [5, 5.41) is 4.36. The Bertz CT molecular complexity index is 1130. The van der Waals surface area contributed by atoms with Crippen LogP contribution in [0.2, 0.25) is 0 Å². The molecule has 0 N–H and O–H groups in total. The second-order valence-electron chi connectivity index (χ2n) is 5.38. The number of ether oxygens (including phenoxy) is 1. The number of rotatable bonds is 4. The Morgan fingerprint density at radius 1 is 1.12 bits per heavy atom. The van der Waals surface area contributed by atoms with Gasteiger partial charge in [-0.1, -0.05) is 59.9 Å². The second-order valence-corrected chi connectivity index (χ2v) is 6.39. The minimum atomic E-state index is -0.166. The van der Waals surface area contributed by atoms with E-state index in [1.165, 1.54) is 15.9 Å². The van der Waals surface area contributed by atoms with Crippen molar-refractivity contribution in [2.45, 2.75) is 6.92 Å². The van der Waals surface area contributed by atoms with E-state index in [9.17, 15) is 4.79 Å². The first-order valence-corrected chi connectivity index (χ1v) is 8.76. The lowest BCUT2D eigenvalue weighted by Crippen LogP contribution is -2.23. The average molecular weight is 349 g/mol. The van der Waals surface area contributed by atoms with Crippen molar-refractivity contribution in [1.29, 1.82) is 0 Å². The Balaban J connectivity index is 1.81. The maximum absolute atomic E-state index is 12.6. The van der Waals surface area contributed by atoms with E-state index in [0.717, 1.165) is 16.9 Å². The molecule has 0 amide bonds. The predicted molar refractivity (Wildman–Crippen MR) is 99.0 cm³/mol. The van der Waals surface area contributed by atoms with Gasteiger partial charge in [0, 0.05) is 11.1 Å². The molecule has 2 aromatic heterocycles. The quantitative estimate of drug-likeness (QED) is 0.568. The average Bonchev–Trinajstić information content (AvgIpc) is 3.18. The van der Waals surface area contributed by atoms with Crippen molar-refractivity contribution in [3.8, 4) is 17.1 Å². The Morgan fingerprint density at radius 2 is 1.88 bits per heavy atom. The molecule has 4 rings (SSSR count). The van der Waals surface area contributed by atoms with Crippen LogP contribution >= 0.6 is 11.3 Å². The van der Waals surface area contributed by atoms with E-state index in [-0.39, 0.29) is 5.56 Å². The number of nitrogens with zero attached hydrogens (tertiary/aromatic N) is 3. The summed E-state index contributed by atoms with van der Waals surface area (Å²) in [7, 11) is 0. The lowest BCUT2D eigenvalue weighted by Gasteiger charge is -2.05. The molecule has 0 atom stereocenters. The van der Waals surface area contributed by atoms with E-state index in [2.05, 4.69) is 10.1 Å². The van der Waals surface area contributed by atoms with Crippen LogP contribution in [0.5, 0.6) is 5.75 Å². The maximum atomic E-state index is 12.6. The van der Waals surface area contributed by atoms with Crippen LogP contribution in [0.25, 0.3) is 22.4 Å². The molecule has 124 valence electrons. The van der Waals surface area contributed by atoms with Gasteiger partial charge >= 0.3 is 0 Å². The zero-order valence-electron chi connectivity index (χ0n) is 13.5. The number of benzene rings is 2. The minimum Gasteiger partial charge on any atom is -0.493 e. The summed E-state index contributed by atoms with van der Waals surface area (Å²) < 4.78 is 7.56. The molecule has 0 fully saturated rings. The highest BCUT2D eigenvalue weighted by atomic mass is 32.1. The topological polar surface area (TPSA) is 56.5 Å². The fourth-order valence-corrected chi connectivity index (χ4v) is 3.47. The minimum absolute atomic E-state index is 0.166.